The lowest BCUT2D eigenvalue weighted by atomic mass is 10.1. The second-order valence-corrected chi connectivity index (χ2v) is 3.58. The molecule has 1 rings (SSSR count). The Hall–Kier alpha value is -0.760. The monoisotopic (exact) mass is 166 g/mol. The zero-order valence-electron chi connectivity index (χ0n) is 7.93. The van der Waals surface area contributed by atoms with Gasteiger partial charge < -0.3 is 10.3 Å². The van der Waals surface area contributed by atoms with E-state index >= 15 is 0 Å². The first-order chi connectivity index (χ1) is 5.79. The molecule has 0 aliphatic rings. The highest BCUT2D eigenvalue weighted by atomic mass is 14.8. The molecular formula is C10H18N2. The van der Waals surface area contributed by atoms with Crippen molar-refractivity contribution < 1.29 is 0 Å². The van der Waals surface area contributed by atoms with Gasteiger partial charge in [-0.05, 0) is 30.5 Å². The number of aromatic amines is 1. The number of hydrogen-bond acceptors (Lipinski definition) is 1. The predicted octanol–water partition coefficient (Wildman–Crippen LogP) is 2.15. The molecule has 0 saturated carbocycles. The largest absolute Gasteiger partial charge is 0.367 e. The second-order valence-electron chi connectivity index (χ2n) is 3.58. The van der Waals surface area contributed by atoms with Crippen LogP contribution in [-0.4, -0.2) is 11.5 Å². The Morgan fingerprint density at radius 3 is 2.92 bits per heavy atom. The van der Waals surface area contributed by atoms with E-state index in [0.29, 0.717) is 0 Å². The van der Waals surface area contributed by atoms with Crippen LogP contribution in [-0.2, 0) is 6.54 Å². The smallest absolute Gasteiger partial charge is 0.0220 e. The molecule has 0 bridgehead atoms. The van der Waals surface area contributed by atoms with Gasteiger partial charge in [0.05, 0.1) is 0 Å². The number of rotatable bonds is 5. The minimum absolute atomic E-state index is 0.795. The summed E-state index contributed by atoms with van der Waals surface area (Å²) in [6.45, 7) is 6.59. The average molecular weight is 166 g/mol. The molecule has 0 spiro atoms. The van der Waals surface area contributed by atoms with Gasteiger partial charge in [-0.3, -0.25) is 0 Å². The maximum absolute atomic E-state index is 3.40. The van der Waals surface area contributed by atoms with Gasteiger partial charge in [0.1, 0.15) is 0 Å². The van der Waals surface area contributed by atoms with Gasteiger partial charge in [0, 0.05) is 18.9 Å². The zero-order chi connectivity index (χ0) is 8.81. The van der Waals surface area contributed by atoms with E-state index in [0.717, 1.165) is 19.0 Å². The van der Waals surface area contributed by atoms with E-state index in [2.05, 4.69) is 30.2 Å². The maximum atomic E-state index is 3.40. The molecule has 0 unspecified atom stereocenters. The van der Waals surface area contributed by atoms with Crippen LogP contribution in [0.25, 0.3) is 0 Å². The Bertz CT molecular complexity index is 190. The van der Waals surface area contributed by atoms with E-state index < -0.39 is 0 Å². The van der Waals surface area contributed by atoms with E-state index in [1.807, 2.05) is 12.4 Å². The lowest BCUT2D eigenvalue weighted by molar-refractivity contribution is 0.537. The van der Waals surface area contributed by atoms with Crippen molar-refractivity contribution in [3.05, 3.63) is 24.0 Å². The summed E-state index contributed by atoms with van der Waals surface area (Å²) in [6.07, 6.45) is 5.24. The van der Waals surface area contributed by atoms with Gasteiger partial charge in [0.25, 0.3) is 0 Å². The Morgan fingerprint density at radius 2 is 2.33 bits per heavy atom. The SMILES string of the molecule is CC(C)CCNCc1cc[nH]c1. The van der Waals surface area contributed by atoms with Gasteiger partial charge in [-0.25, -0.2) is 0 Å². The minimum Gasteiger partial charge on any atom is -0.367 e. The lowest BCUT2D eigenvalue weighted by Crippen LogP contribution is -2.15. The first-order valence-electron chi connectivity index (χ1n) is 4.61. The van der Waals surface area contributed by atoms with Gasteiger partial charge in [-0.15, -0.1) is 0 Å². The van der Waals surface area contributed by atoms with Crippen LogP contribution in [0.2, 0.25) is 0 Å². The van der Waals surface area contributed by atoms with Crippen LogP contribution in [0.3, 0.4) is 0 Å². The molecule has 1 aromatic heterocycles. The molecular weight excluding hydrogens is 148 g/mol. The summed E-state index contributed by atoms with van der Waals surface area (Å²) in [4.78, 5) is 3.04. The summed E-state index contributed by atoms with van der Waals surface area (Å²) in [6, 6.07) is 2.10. The van der Waals surface area contributed by atoms with Crippen molar-refractivity contribution in [2.45, 2.75) is 26.8 Å². The Morgan fingerprint density at radius 1 is 1.50 bits per heavy atom. The molecule has 0 saturated heterocycles. The molecule has 68 valence electrons. The first-order valence-corrected chi connectivity index (χ1v) is 4.61. The molecule has 0 aliphatic heterocycles. The lowest BCUT2D eigenvalue weighted by Gasteiger charge is -2.05. The van der Waals surface area contributed by atoms with Crippen LogP contribution in [0, 0.1) is 5.92 Å². The van der Waals surface area contributed by atoms with Crippen molar-refractivity contribution in [1.29, 1.82) is 0 Å². The van der Waals surface area contributed by atoms with E-state index in [1.165, 1.54) is 12.0 Å². The Balaban J connectivity index is 2.04. The predicted molar refractivity (Wildman–Crippen MR) is 52.0 cm³/mol. The molecule has 2 heteroatoms. The summed E-state index contributed by atoms with van der Waals surface area (Å²) in [5.41, 5.74) is 1.33. The fourth-order valence-electron chi connectivity index (χ4n) is 1.09. The normalized spacial score (nSPS) is 10.9. The summed E-state index contributed by atoms with van der Waals surface area (Å²) >= 11 is 0. The molecule has 0 atom stereocenters. The Kier molecular flexibility index (Phi) is 3.88. The molecule has 0 radical (unpaired) electrons. The number of aromatic nitrogens is 1. The number of H-pyrrole nitrogens is 1. The van der Waals surface area contributed by atoms with Crippen molar-refractivity contribution in [3.63, 3.8) is 0 Å². The molecule has 0 aliphatic carbocycles. The van der Waals surface area contributed by atoms with Gasteiger partial charge in [-0.1, -0.05) is 13.8 Å². The van der Waals surface area contributed by atoms with Gasteiger partial charge in [0.15, 0.2) is 0 Å². The third-order valence-electron chi connectivity index (χ3n) is 1.89. The summed E-state index contributed by atoms with van der Waals surface area (Å²) in [5.74, 6) is 0.795. The van der Waals surface area contributed by atoms with Gasteiger partial charge in [-0.2, -0.15) is 0 Å². The van der Waals surface area contributed by atoms with E-state index in [4.69, 9.17) is 0 Å². The molecule has 12 heavy (non-hydrogen) atoms. The molecule has 0 amide bonds. The van der Waals surface area contributed by atoms with Crippen molar-refractivity contribution in [3.8, 4) is 0 Å². The third-order valence-corrected chi connectivity index (χ3v) is 1.89. The Labute approximate surface area is 74.4 Å². The van der Waals surface area contributed by atoms with Gasteiger partial charge >= 0.3 is 0 Å². The fourth-order valence-corrected chi connectivity index (χ4v) is 1.09. The topological polar surface area (TPSA) is 27.8 Å². The van der Waals surface area contributed by atoms with Crippen LogP contribution in [0.4, 0.5) is 0 Å². The standard InChI is InChI=1S/C10H18N2/c1-9(2)3-5-11-7-10-4-6-12-8-10/h4,6,8-9,11-12H,3,5,7H2,1-2H3. The van der Waals surface area contributed by atoms with Crippen LogP contribution < -0.4 is 5.32 Å². The zero-order valence-corrected chi connectivity index (χ0v) is 7.93. The van der Waals surface area contributed by atoms with Crippen LogP contribution >= 0.6 is 0 Å². The van der Waals surface area contributed by atoms with E-state index in [9.17, 15) is 0 Å². The van der Waals surface area contributed by atoms with Crippen LogP contribution in [0.5, 0.6) is 0 Å². The molecule has 1 aromatic rings. The summed E-state index contributed by atoms with van der Waals surface area (Å²) < 4.78 is 0. The molecule has 1 heterocycles. The van der Waals surface area contributed by atoms with Crippen molar-refractivity contribution in [2.75, 3.05) is 6.54 Å². The highest BCUT2D eigenvalue weighted by molar-refractivity contribution is 5.07. The average Bonchev–Trinajstić information content (AvgIpc) is 2.49. The highest BCUT2D eigenvalue weighted by Gasteiger charge is 1.94. The summed E-state index contributed by atoms with van der Waals surface area (Å²) in [5, 5.41) is 3.40. The number of nitrogens with one attached hydrogen (secondary N) is 2. The maximum Gasteiger partial charge on any atom is 0.0220 e. The van der Waals surface area contributed by atoms with Crippen molar-refractivity contribution >= 4 is 0 Å². The van der Waals surface area contributed by atoms with Crippen molar-refractivity contribution in [2.24, 2.45) is 5.92 Å². The minimum atomic E-state index is 0.795. The summed E-state index contributed by atoms with van der Waals surface area (Å²) in [7, 11) is 0. The van der Waals surface area contributed by atoms with Crippen LogP contribution in [0.15, 0.2) is 18.5 Å². The molecule has 0 aromatic carbocycles. The first kappa shape index (κ1) is 9.33. The van der Waals surface area contributed by atoms with E-state index in [1.54, 1.807) is 0 Å². The van der Waals surface area contributed by atoms with Crippen LogP contribution in [0.1, 0.15) is 25.8 Å². The molecule has 2 nitrogen and oxygen atoms in total. The van der Waals surface area contributed by atoms with Crippen molar-refractivity contribution in [1.82, 2.24) is 10.3 Å². The quantitative estimate of drug-likeness (QED) is 0.644. The second kappa shape index (κ2) is 4.99. The fraction of sp³-hybridized carbons (Fsp3) is 0.600. The van der Waals surface area contributed by atoms with E-state index in [-0.39, 0.29) is 0 Å². The third kappa shape index (κ3) is 3.58. The highest BCUT2D eigenvalue weighted by Crippen LogP contribution is 1.98. The van der Waals surface area contributed by atoms with Gasteiger partial charge in [0.2, 0.25) is 0 Å². The number of hydrogen-bond donors (Lipinski definition) is 2. The molecule has 0 fully saturated rings. The molecule has 2 N–H and O–H groups in total.